The van der Waals surface area contributed by atoms with E-state index in [1.54, 1.807) is 0 Å². The van der Waals surface area contributed by atoms with Gasteiger partial charge < -0.3 is 9.80 Å². The van der Waals surface area contributed by atoms with Crippen molar-refractivity contribution in [2.45, 2.75) is 0 Å². The van der Waals surface area contributed by atoms with E-state index in [4.69, 9.17) is 0 Å². The molecule has 0 aliphatic heterocycles. The highest BCUT2D eigenvalue weighted by Gasteiger charge is 2.19. The van der Waals surface area contributed by atoms with Gasteiger partial charge >= 0.3 is 0 Å². The minimum atomic E-state index is 1.09. The van der Waals surface area contributed by atoms with Crippen molar-refractivity contribution in [3.05, 3.63) is 182 Å². The van der Waals surface area contributed by atoms with Gasteiger partial charge in [0.05, 0.1) is 5.69 Å². The van der Waals surface area contributed by atoms with Crippen molar-refractivity contribution in [2.24, 2.45) is 0 Å². The second-order valence-corrected chi connectivity index (χ2v) is 11.0. The number of hydrogen-bond donors (Lipinski definition) is 0. The van der Waals surface area contributed by atoms with Gasteiger partial charge in [0.25, 0.3) is 0 Å². The fourth-order valence-electron chi connectivity index (χ4n) is 6.42. The minimum absolute atomic E-state index is 1.09. The van der Waals surface area contributed by atoms with E-state index in [1.807, 2.05) is 0 Å². The van der Waals surface area contributed by atoms with E-state index < -0.39 is 0 Å². The summed E-state index contributed by atoms with van der Waals surface area (Å²) >= 11 is 0. The van der Waals surface area contributed by atoms with Gasteiger partial charge in [0.15, 0.2) is 0 Å². The Kier molecular flexibility index (Phi) is 6.51. The van der Waals surface area contributed by atoms with E-state index >= 15 is 0 Å². The Hall–Kier alpha value is -5.86. The quantitative estimate of drug-likeness (QED) is 0.186. The number of nitrogens with zero attached hydrogens (tertiary/aromatic N) is 2. The summed E-state index contributed by atoms with van der Waals surface area (Å²) < 4.78 is 0. The van der Waals surface area contributed by atoms with Crippen molar-refractivity contribution in [2.75, 3.05) is 9.80 Å². The van der Waals surface area contributed by atoms with E-state index in [9.17, 15) is 0 Å². The van der Waals surface area contributed by atoms with Crippen LogP contribution in [-0.2, 0) is 0 Å². The van der Waals surface area contributed by atoms with Crippen LogP contribution >= 0.6 is 0 Å². The molecule has 2 nitrogen and oxygen atoms in total. The average Bonchev–Trinajstić information content (AvgIpc) is 3.10. The normalized spacial score (nSPS) is 11.2. The van der Waals surface area contributed by atoms with Crippen molar-refractivity contribution < 1.29 is 0 Å². The van der Waals surface area contributed by atoms with Gasteiger partial charge in [-0.1, -0.05) is 121 Å². The molecular weight excluding hydrogens is 532 g/mol. The van der Waals surface area contributed by atoms with Crippen LogP contribution in [0, 0.1) is 0 Å². The third kappa shape index (κ3) is 4.54. The maximum Gasteiger partial charge on any atom is 0.0546 e. The van der Waals surface area contributed by atoms with Crippen LogP contribution in [0.4, 0.5) is 34.1 Å². The molecule has 0 radical (unpaired) electrons. The number of benzene rings is 8. The molecule has 0 atom stereocenters. The highest BCUT2D eigenvalue weighted by molar-refractivity contribution is 6.21. The molecule has 208 valence electrons. The third-order valence-corrected chi connectivity index (χ3v) is 8.37. The van der Waals surface area contributed by atoms with Crippen LogP contribution in [0.3, 0.4) is 0 Å². The first-order valence-corrected chi connectivity index (χ1v) is 15.0. The lowest BCUT2D eigenvalue weighted by molar-refractivity contribution is 1.25. The largest absolute Gasteiger partial charge is 0.310 e. The Morgan fingerprint density at radius 1 is 0.273 bits per heavy atom. The Bertz CT molecular complexity index is 2190. The standard InChI is InChI=1S/C42H30N2/c1-4-16-33(17-5-1)43(34-18-6-2-7-19-34)36-22-13-23-37(30-36)44(35-20-8-3-9-21-35)41-25-12-15-32-27-28-39-38-24-11-10-14-31(38)26-29-40(39)42(32)41/h1-30H. The monoisotopic (exact) mass is 562 g/mol. The zero-order valence-electron chi connectivity index (χ0n) is 24.2. The lowest BCUT2D eigenvalue weighted by Crippen LogP contribution is -2.13. The minimum Gasteiger partial charge on any atom is -0.310 e. The second kappa shape index (κ2) is 11.1. The van der Waals surface area contributed by atoms with E-state index in [1.165, 1.54) is 32.3 Å². The molecule has 0 amide bonds. The summed E-state index contributed by atoms with van der Waals surface area (Å²) in [6, 6.07) is 65.1. The molecule has 0 spiro atoms. The van der Waals surface area contributed by atoms with Gasteiger partial charge in [-0.2, -0.15) is 0 Å². The van der Waals surface area contributed by atoms with Gasteiger partial charge in [0, 0.05) is 33.8 Å². The fraction of sp³-hybridized carbons (Fsp3) is 0. The summed E-state index contributed by atoms with van der Waals surface area (Å²) in [4.78, 5) is 4.71. The molecule has 0 saturated heterocycles. The predicted molar refractivity (Wildman–Crippen MR) is 188 cm³/mol. The lowest BCUT2D eigenvalue weighted by Gasteiger charge is -2.30. The van der Waals surface area contributed by atoms with Crippen LogP contribution in [0.2, 0.25) is 0 Å². The van der Waals surface area contributed by atoms with Crippen molar-refractivity contribution in [1.82, 2.24) is 0 Å². The van der Waals surface area contributed by atoms with Crippen LogP contribution in [-0.4, -0.2) is 0 Å². The summed E-state index contributed by atoms with van der Waals surface area (Å²) in [6.45, 7) is 0. The van der Waals surface area contributed by atoms with E-state index in [2.05, 4.69) is 192 Å². The van der Waals surface area contributed by atoms with Crippen molar-refractivity contribution in [3.63, 3.8) is 0 Å². The Labute approximate surface area is 257 Å². The van der Waals surface area contributed by atoms with Crippen LogP contribution in [0.15, 0.2) is 182 Å². The van der Waals surface area contributed by atoms with Crippen molar-refractivity contribution >= 4 is 66.4 Å². The zero-order chi connectivity index (χ0) is 29.3. The molecular formula is C42H30N2. The highest BCUT2D eigenvalue weighted by Crippen LogP contribution is 2.44. The van der Waals surface area contributed by atoms with Crippen molar-refractivity contribution in [3.8, 4) is 0 Å². The lowest BCUT2D eigenvalue weighted by atomic mass is 9.95. The molecule has 44 heavy (non-hydrogen) atoms. The number of anilines is 6. The summed E-state index contributed by atoms with van der Waals surface area (Å²) in [5, 5.41) is 7.52. The first-order valence-electron chi connectivity index (χ1n) is 15.0. The number of rotatable bonds is 6. The van der Waals surface area contributed by atoms with Gasteiger partial charge in [-0.25, -0.2) is 0 Å². The van der Waals surface area contributed by atoms with Gasteiger partial charge in [-0.3, -0.25) is 0 Å². The molecule has 0 N–H and O–H groups in total. The van der Waals surface area contributed by atoms with Crippen LogP contribution in [0.25, 0.3) is 32.3 Å². The summed E-state index contributed by atoms with van der Waals surface area (Å²) in [7, 11) is 0. The third-order valence-electron chi connectivity index (χ3n) is 8.37. The first-order chi connectivity index (χ1) is 21.8. The second-order valence-electron chi connectivity index (χ2n) is 11.0. The molecule has 0 aliphatic carbocycles. The predicted octanol–water partition coefficient (Wildman–Crippen LogP) is 12.1. The van der Waals surface area contributed by atoms with Gasteiger partial charge in [0.1, 0.15) is 0 Å². The summed E-state index contributed by atoms with van der Waals surface area (Å²) in [5.41, 5.74) is 6.68. The average molecular weight is 563 g/mol. The van der Waals surface area contributed by atoms with E-state index in [0.29, 0.717) is 0 Å². The molecule has 0 heterocycles. The molecule has 0 bridgehead atoms. The maximum absolute atomic E-state index is 2.40. The number of fused-ring (bicyclic) bond motifs is 5. The summed E-state index contributed by atoms with van der Waals surface area (Å²) in [6.07, 6.45) is 0. The zero-order valence-corrected chi connectivity index (χ0v) is 24.2. The number of para-hydroxylation sites is 3. The van der Waals surface area contributed by atoms with Gasteiger partial charge in [0.2, 0.25) is 0 Å². The molecule has 0 aromatic heterocycles. The van der Waals surface area contributed by atoms with Crippen LogP contribution in [0.5, 0.6) is 0 Å². The Morgan fingerprint density at radius 3 is 1.43 bits per heavy atom. The Morgan fingerprint density at radius 2 is 0.750 bits per heavy atom. The molecule has 0 unspecified atom stereocenters. The highest BCUT2D eigenvalue weighted by atomic mass is 15.2. The van der Waals surface area contributed by atoms with Crippen LogP contribution < -0.4 is 9.80 Å². The molecule has 0 fully saturated rings. The smallest absolute Gasteiger partial charge is 0.0546 e. The molecule has 0 aliphatic rings. The summed E-state index contributed by atoms with van der Waals surface area (Å²) in [5.74, 6) is 0. The van der Waals surface area contributed by atoms with Crippen LogP contribution in [0.1, 0.15) is 0 Å². The first kappa shape index (κ1) is 25.8. The molecule has 8 aromatic rings. The van der Waals surface area contributed by atoms with Crippen molar-refractivity contribution in [1.29, 1.82) is 0 Å². The molecule has 0 saturated carbocycles. The molecule has 2 heteroatoms. The van der Waals surface area contributed by atoms with E-state index in [0.717, 1.165) is 34.1 Å². The van der Waals surface area contributed by atoms with E-state index in [-0.39, 0.29) is 0 Å². The SMILES string of the molecule is c1ccc(N(c2ccccc2)c2cccc(N(c3ccccc3)c3cccc4ccc5c6ccccc6ccc5c34)c2)cc1. The topological polar surface area (TPSA) is 6.48 Å². The fourth-order valence-corrected chi connectivity index (χ4v) is 6.42. The maximum atomic E-state index is 2.40. The van der Waals surface area contributed by atoms with Gasteiger partial charge in [-0.15, -0.1) is 0 Å². The molecule has 8 rings (SSSR count). The van der Waals surface area contributed by atoms with Gasteiger partial charge in [-0.05, 0) is 87.6 Å². The Balaban J connectivity index is 1.38. The molecule has 8 aromatic carbocycles. The number of hydrogen-bond acceptors (Lipinski definition) is 2.